The van der Waals surface area contributed by atoms with Gasteiger partial charge in [-0.25, -0.2) is 0 Å². The highest BCUT2D eigenvalue weighted by Crippen LogP contribution is 2.30. The van der Waals surface area contributed by atoms with Crippen molar-refractivity contribution in [3.8, 4) is 0 Å². The van der Waals surface area contributed by atoms with Gasteiger partial charge in [-0.3, -0.25) is 14.8 Å². The average Bonchev–Trinajstić information content (AvgIpc) is 2.63. The van der Waals surface area contributed by atoms with Crippen LogP contribution >= 0.6 is 9.24 Å². The van der Waals surface area contributed by atoms with Crippen LogP contribution in [0.4, 0.5) is 11.4 Å². The molecule has 146 valence electrons. The van der Waals surface area contributed by atoms with Crippen molar-refractivity contribution >= 4 is 26.6 Å². The maximum Gasteiger partial charge on any atom is 0.309 e. The minimum Gasteiger partial charge on any atom is -0.464 e. The summed E-state index contributed by atoms with van der Waals surface area (Å²) in [5, 5.41) is 0. The third-order valence-corrected chi connectivity index (χ3v) is 4.73. The predicted octanol–water partition coefficient (Wildman–Crippen LogP) is 4.47. The van der Waals surface area contributed by atoms with E-state index in [-0.39, 0.29) is 23.0 Å². The highest BCUT2D eigenvalue weighted by Gasteiger charge is 2.29. The van der Waals surface area contributed by atoms with Gasteiger partial charge in [0, 0.05) is 24.3 Å². The van der Waals surface area contributed by atoms with Gasteiger partial charge >= 0.3 is 5.97 Å². The first-order valence-electron chi connectivity index (χ1n) is 9.28. The van der Waals surface area contributed by atoms with E-state index in [1.54, 1.807) is 24.8 Å². The smallest absolute Gasteiger partial charge is 0.309 e. The molecule has 0 spiro atoms. The molecule has 27 heavy (non-hydrogen) atoms. The molecule has 2 heterocycles. The summed E-state index contributed by atoms with van der Waals surface area (Å²) in [7, 11) is 2.74. The second kappa shape index (κ2) is 9.80. The molecule has 2 rings (SSSR count). The zero-order valence-corrected chi connectivity index (χ0v) is 17.8. The third-order valence-electron chi connectivity index (χ3n) is 4.26. The summed E-state index contributed by atoms with van der Waals surface area (Å²) in [6, 6.07) is 7.75. The molecular formula is C21H30N3O2P. The van der Waals surface area contributed by atoms with Crippen LogP contribution in [0.2, 0.25) is 0 Å². The van der Waals surface area contributed by atoms with Gasteiger partial charge in [-0.2, -0.15) is 0 Å². The molecule has 2 aromatic rings. The predicted molar refractivity (Wildman–Crippen MR) is 113 cm³/mol. The maximum atomic E-state index is 12.6. The molecule has 0 radical (unpaired) electrons. The van der Waals surface area contributed by atoms with Gasteiger partial charge in [0.25, 0.3) is 0 Å². The van der Waals surface area contributed by atoms with Crippen LogP contribution in [0.1, 0.15) is 34.1 Å². The standard InChI is InChI=1S/C21H30N3O2P/c1-16(27)19(14-21(2,3)4)20(25)26-13-12-24(17-7-10-22-11-8-17)18-6-5-9-23-15-18/h5-11,15-16,19H,12-14,27H2,1-4H3. The first-order chi connectivity index (χ1) is 12.8. The lowest BCUT2D eigenvalue weighted by Crippen LogP contribution is -2.31. The van der Waals surface area contributed by atoms with Gasteiger partial charge in [-0.15, -0.1) is 9.24 Å². The number of anilines is 2. The largest absolute Gasteiger partial charge is 0.464 e. The van der Waals surface area contributed by atoms with Gasteiger partial charge in [-0.05, 0) is 41.8 Å². The fourth-order valence-corrected chi connectivity index (χ4v) is 3.23. The Kier molecular flexibility index (Phi) is 7.73. The van der Waals surface area contributed by atoms with E-state index in [2.05, 4.69) is 44.9 Å². The summed E-state index contributed by atoms with van der Waals surface area (Å²) in [4.78, 5) is 23.0. The molecule has 0 aliphatic heterocycles. The zero-order valence-electron chi connectivity index (χ0n) is 16.6. The van der Waals surface area contributed by atoms with Crippen LogP contribution in [-0.2, 0) is 9.53 Å². The quantitative estimate of drug-likeness (QED) is 0.494. The normalized spacial score (nSPS) is 13.7. The van der Waals surface area contributed by atoms with E-state index < -0.39 is 0 Å². The second-order valence-electron chi connectivity index (χ2n) is 7.97. The van der Waals surface area contributed by atoms with Crippen LogP contribution in [0, 0.1) is 11.3 Å². The number of hydrogen-bond acceptors (Lipinski definition) is 5. The number of rotatable bonds is 8. The number of ether oxygens (including phenoxy) is 1. The minimum atomic E-state index is -0.131. The molecule has 3 atom stereocenters. The maximum absolute atomic E-state index is 12.6. The third kappa shape index (κ3) is 6.91. The van der Waals surface area contributed by atoms with Crippen molar-refractivity contribution in [3.63, 3.8) is 0 Å². The summed E-state index contributed by atoms with van der Waals surface area (Å²) in [5.74, 6) is -0.254. The Morgan fingerprint density at radius 1 is 1.15 bits per heavy atom. The molecule has 0 amide bonds. The van der Waals surface area contributed by atoms with Gasteiger partial charge in [0.15, 0.2) is 0 Å². The molecule has 5 nitrogen and oxygen atoms in total. The number of pyridine rings is 2. The Morgan fingerprint density at radius 2 is 1.85 bits per heavy atom. The monoisotopic (exact) mass is 387 g/mol. The van der Waals surface area contributed by atoms with Crippen LogP contribution in [0.3, 0.4) is 0 Å². The molecular weight excluding hydrogens is 357 g/mol. The Morgan fingerprint density at radius 3 is 2.41 bits per heavy atom. The van der Waals surface area contributed by atoms with Crippen LogP contribution < -0.4 is 4.90 Å². The lowest BCUT2D eigenvalue weighted by molar-refractivity contribution is -0.149. The first kappa shape index (κ1) is 21.3. The van der Waals surface area contributed by atoms with E-state index in [1.165, 1.54) is 0 Å². The fraction of sp³-hybridized carbons (Fsp3) is 0.476. The highest BCUT2D eigenvalue weighted by molar-refractivity contribution is 7.17. The second-order valence-corrected chi connectivity index (χ2v) is 9.02. The van der Waals surface area contributed by atoms with E-state index in [1.807, 2.05) is 31.2 Å². The number of carbonyl (C=O) groups excluding carboxylic acids is 1. The molecule has 0 N–H and O–H groups in total. The molecule has 0 saturated carbocycles. The van der Waals surface area contributed by atoms with Gasteiger partial charge in [0.05, 0.1) is 24.3 Å². The molecule has 0 bridgehead atoms. The van der Waals surface area contributed by atoms with Crippen molar-refractivity contribution in [1.29, 1.82) is 0 Å². The first-order valence-corrected chi connectivity index (χ1v) is 9.94. The van der Waals surface area contributed by atoms with E-state index >= 15 is 0 Å². The average molecular weight is 387 g/mol. The van der Waals surface area contributed by atoms with E-state index in [0.717, 1.165) is 17.8 Å². The van der Waals surface area contributed by atoms with Crippen molar-refractivity contribution in [2.45, 2.75) is 39.8 Å². The number of hydrogen-bond donors (Lipinski definition) is 0. The Hall–Kier alpha value is -2.00. The Bertz CT molecular complexity index is 663. The fourth-order valence-electron chi connectivity index (χ4n) is 2.93. The van der Waals surface area contributed by atoms with Gasteiger partial charge in [0.1, 0.15) is 6.61 Å². The number of esters is 1. The molecule has 0 fully saturated rings. The van der Waals surface area contributed by atoms with E-state index in [4.69, 9.17) is 4.74 Å². The van der Waals surface area contributed by atoms with Gasteiger partial charge in [0.2, 0.25) is 0 Å². The van der Waals surface area contributed by atoms with Gasteiger partial charge in [-0.1, -0.05) is 27.7 Å². The van der Waals surface area contributed by atoms with Gasteiger partial charge < -0.3 is 9.64 Å². The van der Waals surface area contributed by atoms with Crippen LogP contribution in [-0.4, -0.2) is 34.7 Å². The Labute approximate surface area is 164 Å². The lowest BCUT2D eigenvalue weighted by atomic mass is 9.83. The minimum absolute atomic E-state index is 0.0767. The lowest BCUT2D eigenvalue weighted by Gasteiger charge is -2.28. The molecule has 6 heteroatoms. The van der Waals surface area contributed by atoms with Crippen LogP contribution in [0.5, 0.6) is 0 Å². The number of nitrogens with zero attached hydrogens (tertiary/aromatic N) is 3. The summed E-state index contributed by atoms with van der Waals surface area (Å²) >= 11 is 0. The van der Waals surface area contributed by atoms with Crippen molar-refractivity contribution in [2.24, 2.45) is 11.3 Å². The molecule has 0 aromatic carbocycles. The molecule has 2 aromatic heterocycles. The van der Waals surface area contributed by atoms with Crippen molar-refractivity contribution in [2.75, 3.05) is 18.1 Å². The number of carbonyl (C=O) groups is 1. The Balaban J connectivity index is 2.04. The SMILES string of the molecule is CC(P)C(CC(C)(C)C)C(=O)OCCN(c1ccncc1)c1cccnc1. The summed E-state index contributed by atoms with van der Waals surface area (Å²) in [5.41, 5.74) is 2.18. The highest BCUT2D eigenvalue weighted by atomic mass is 31.0. The van der Waals surface area contributed by atoms with Crippen LogP contribution in [0.15, 0.2) is 49.1 Å². The zero-order chi connectivity index (χ0) is 19.9. The molecule has 3 unspecified atom stereocenters. The molecule has 0 aliphatic carbocycles. The van der Waals surface area contributed by atoms with E-state index in [0.29, 0.717) is 13.2 Å². The summed E-state index contributed by atoms with van der Waals surface area (Å²) in [6.45, 7) is 9.35. The van der Waals surface area contributed by atoms with Crippen molar-refractivity contribution in [1.82, 2.24) is 9.97 Å². The summed E-state index contributed by atoms with van der Waals surface area (Å²) < 4.78 is 5.65. The molecule has 0 aliphatic rings. The van der Waals surface area contributed by atoms with Crippen molar-refractivity contribution in [3.05, 3.63) is 49.1 Å². The number of aromatic nitrogens is 2. The topological polar surface area (TPSA) is 55.3 Å². The molecule has 0 saturated heterocycles. The van der Waals surface area contributed by atoms with Crippen LogP contribution in [0.25, 0.3) is 0 Å². The van der Waals surface area contributed by atoms with Crippen molar-refractivity contribution < 1.29 is 9.53 Å². The summed E-state index contributed by atoms with van der Waals surface area (Å²) in [6.07, 6.45) is 7.84. The van der Waals surface area contributed by atoms with E-state index in [9.17, 15) is 4.79 Å².